The number of hydrogen-bond donors (Lipinski definition) is 2. The summed E-state index contributed by atoms with van der Waals surface area (Å²) >= 11 is 11.7. The third-order valence-corrected chi connectivity index (χ3v) is 3.32. The van der Waals surface area contributed by atoms with Crippen molar-refractivity contribution in [1.82, 2.24) is 0 Å². The molecule has 3 N–H and O–H groups in total. The first-order chi connectivity index (χ1) is 9.95. The Bertz CT molecular complexity index is 662. The number of rotatable bonds is 4. The van der Waals surface area contributed by atoms with E-state index in [0.29, 0.717) is 27.2 Å². The molecule has 1 atom stereocenters. The molecular formula is C15H14Cl2N2O2. The van der Waals surface area contributed by atoms with Crippen molar-refractivity contribution in [2.45, 2.75) is 13.0 Å². The predicted molar refractivity (Wildman–Crippen MR) is 86.0 cm³/mol. The first kappa shape index (κ1) is 15.5. The first-order valence-electron chi connectivity index (χ1n) is 6.24. The summed E-state index contributed by atoms with van der Waals surface area (Å²) in [7, 11) is 0. The highest BCUT2D eigenvalue weighted by atomic mass is 35.5. The number of amides is 1. The summed E-state index contributed by atoms with van der Waals surface area (Å²) in [5.74, 6) is 0.234. The predicted octanol–water partition coefficient (Wildman–Crippen LogP) is 3.98. The Morgan fingerprint density at radius 2 is 2.00 bits per heavy atom. The molecule has 0 aliphatic carbocycles. The Morgan fingerprint density at radius 3 is 2.67 bits per heavy atom. The summed E-state index contributed by atoms with van der Waals surface area (Å²) in [4.78, 5) is 12.1. The third kappa shape index (κ3) is 4.28. The van der Waals surface area contributed by atoms with Crippen LogP contribution in [0, 0.1) is 0 Å². The lowest BCUT2D eigenvalue weighted by molar-refractivity contribution is -0.122. The molecule has 0 aliphatic heterocycles. The molecule has 0 heterocycles. The van der Waals surface area contributed by atoms with Gasteiger partial charge in [0.05, 0.1) is 10.7 Å². The molecule has 110 valence electrons. The molecule has 2 rings (SSSR count). The summed E-state index contributed by atoms with van der Waals surface area (Å²) in [5.41, 5.74) is 6.64. The molecule has 0 aromatic heterocycles. The smallest absolute Gasteiger partial charge is 0.265 e. The van der Waals surface area contributed by atoms with Gasteiger partial charge in [-0.1, -0.05) is 29.3 Å². The maximum absolute atomic E-state index is 12.1. The second-order valence-corrected chi connectivity index (χ2v) is 5.29. The van der Waals surface area contributed by atoms with Gasteiger partial charge in [0.2, 0.25) is 0 Å². The van der Waals surface area contributed by atoms with Gasteiger partial charge in [-0.3, -0.25) is 4.79 Å². The fourth-order valence-electron chi connectivity index (χ4n) is 1.66. The van der Waals surface area contributed by atoms with Crippen LogP contribution in [0.15, 0.2) is 42.5 Å². The molecule has 2 aromatic carbocycles. The first-order valence-corrected chi connectivity index (χ1v) is 6.99. The Morgan fingerprint density at radius 1 is 1.24 bits per heavy atom. The molecule has 0 saturated heterocycles. The maximum atomic E-state index is 12.1. The van der Waals surface area contributed by atoms with Gasteiger partial charge in [-0.2, -0.15) is 0 Å². The Hall–Kier alpha value is -1.91. The summed E-state index contributed by atoms with van der Waals surface area (Å²) in [6.07, 6.45) is -0.680. The van der Waals surface area contributed by atoms with Crippen molar-refractivity contribution >= 4 is 40.5 Å². The average molecular weight is 325 g/mol. The van der Waals surface area contributed by atoms with Crippen LogP contribution < -0.4 is 15.8 Å². The van der Waals surface area contributed by atoms with Gasteiger partial charge in [-0.15, -0.1) is 0 Å². The number of nitrogens with one attached hydrogen (secondary N) is 1. The monoisotopic (exact) mass is 324 g/mol. The minimum Gasteiger partial charge on any atom is -0.481 e. The molecule has 21 heavy (non-hydrogen) atoms. The van der Waals surface area contributed by atoms with E-state index in [-0.39, 0.29) is 5.91 Å². The molecule has 0 radical (unpaired) electrons. The Labute approximate surface area is 132 Å². The van der Waals surface area contributed by atoms with E-state index in [1.807, 2.05) is 0 Å². The molecule has 0 saturated carbocycles. The number of benzene rings is 2. The van der Waals surface area contributed by atoms with Crippen LogP contribution in [0.2, 0.25) is 10.0 Å². The van der Waals surface area contributed by atoms with Gasteiger partial charge < -0.3 is 15.8 Å². The van der Waals surface area contributed by atoms with Crippen LogP contribution in [0.5, 0.6) is 5.75 Å². The van der Waals surface area contributed by atoms with Crippen LogP contribution in [-0.2, 0) is 4.79 Å². The zero-order valence-corrected chi connectivity index (χ0v) is 12.8. The van der Waals surface area contributed by atoms with Crippen LogP contribution in [0.25, 0.3) is 0 Å². The molecule has 1 amide bonds. The summed E-state index contributed by atoms with van der Waals surface area (Å²) < 4.78 is 5.53. The number of nitrogens with two attached hydrogens (primary N) is 1. The van der Waals surface area contributed by atoms with Gasteiger partial charge in [0.1, 0.15) is 5.75 Å². The molecule has 0 bridgehead atoms. The van der Waals surface area contributed by atoms with Crippen LogP contribution in [0.3, 0.4) is 0 Å². The van der Waals surface area contributed by atoms with E-state index >= 15 is 0 Å². The largest absolute Gasteiger partial charge is 0.481 e. The fourth-order valence-corrected chi connectivity index (χ4v) is 1.96. The molecule has 4 nitrogen and oxygen atoms in total. The summed E-state index contributed by atoms with van der Waals surface area (Å²) in [6.45, 7) is 1.65. The second kappa shape index (κ2) is 6.70. The van der Waals surface area contributed by atoms with E-state index in [4.69, 9.17) is 33.7 Å². The van der Waals surface area contributed by atoms with Crippen molar-refractivity contribution in [3.8, 4) is 5.75 Å². The van der Waals surface area contributed by atoms with Gasteiger partial charge in [0, 0.05) is 10.7 Å². The molecule has 0 spiro atoms. The lowest BCUT2D eigenvalue weighted by Gasteiger charge is -2.15. The molecule has 0 aliphatic rings. The minimum atomic E-state index is -0.680. The number of anilines is 2. The highest BCUT2D eigenvalue weighted by Crippen LogP contribution is 2.23. The zero-order valence-electron chi connectivity index (χ0n) is 11.3. The Balaban J connectivity index is 2.00. The molecule has 1 unspecified atom stereocenters. The summed E-state index contributed by atoms with van der Waals surface area (Å²) in [5, 5.41) is 3.70. The standard InChI is InChI=1S/C15H14Cl2N2O2/c1-9(21-12-4-2-3-10(16)7-12)15(20)19-11-5-6-13(17)14(18)8-11/h2-9H,18H2,1H3,(H,19,20). The van der Waals surface area contributed by atoms with Crippen molar-refractivity contribution in [3.63, 3.8) is 0 Å². The van der Waals surface area contributed by atoms with Crippen molar-refractivity contribution < 1.29 is 9.53 Å². The van der Waals surface area contributed by atoms with E-state index in [1.54, 1.807) is 49.4 Å². The lowest BCUT2D eigenvalue weighted by atomic mass is 10.2. The minimum absolute atomic E-state index is 0.295. The molecule has 2 aromatic rings. The van der Waals surface area contributed by atoms with Crippen LogP contribution in [0.1, 0.15) is 6.92 Å². The summed E-state index contributed by atoms with van der Waals surface area (Å²) in [6, 6.07) is 11.7. The van der Waals surface area contributed by atoms with Crippen LogP contribution in [-0.4, -0.2) is 12.0 Å². The quantitative estimate of drug-likeness (QED) is 0.836. The van der Waals surface area contributed by atoms with Crippen molar-refractivity contribution in [2.24, 2.45) is 0 Å². The van der Waals surface area contributed by atoms with E-state index in [0.717, 1.165) is 0 Å². The number of carbonyl (C=O) groups excluding carboxylic acids is 1. The van der Waals surface area contributed by atoms with E-state index in [1.165, 1.54) is 0 Å². The van der Waals surface area contributed by atoms with Gasteiger partial charge in [-0.25, -0.2) is 0 Å². The number of ether oxygens (including phenoxy) is 1. The van der Waals surface area contributed by atoms with Gasteiger partial charge >= 0.3 is 0 Å². The lowest BCUT2D eigenvalue weighted by Crippen LogP contribution is -2.30. The number of carbonyl (C=O) groups is 1. The second-order valence-electron chi connectivity index (χ2n) is 4.44. The van der Waals surface area contributed by atoms with E-state index in [2.05, 4.69) is 5.32 Å². The Kier molecular flexibility index (Phi) is 4.94. The zero-order chi connectivity index (χ0) is 15.4. The number of hydrogen-bond acceptors (Lipinski definition) is 3. The third-order valence-electron chi connectivity index (χ3n) is 2.74. The van der Waals surface area contributed by atoms with Gasteiger partial charge in [0.15, 0.2) is 6.10 Å². The average Bonchev–Trinajstić information content (AvgIpc) is 2.43. The van der Waals surface area contributed by atoms with E-state index in [9.17, 15) is 4.79 Å². The van der Waals surface area contributed by atoms with Crippen molar-refractivity contribution in [1.29, 1.82) is 0 Å². The molecule has 6 heteroatoms. The SMILES string of the molecule is CC(Oc1cccc(Cl)c1)C(=O)Nc1ccc(Cl)c(N)c1. The topological polar surface area (TPSA) is 64.3 Å². The van der Waals surface area contributed by atoms with Crippen LogP contribution in [0.4, 0.5) is 11.4 Å². The molecular weight excluding hydrogens is 311 g/mol. The maximum Gasteiger partial charge on any atom is 0.265 e. The van der Waals surface area contributed by atoms with Crippen molar-refractivity contribution in [2.75, 3.05) is 11.1 Å². The normalized spacial score (nSPS) is 11.8. The van der Waals surface area contributed by atoms with Gasteiger partial charge in [-0.05, 0) is 43.3 Å². The number of nitrogen functional groups attached to an aromatic ring is 1. The number of halogens is 2. The highest BCUT2D eigenvalue weighted by molar-refractivity contribution is 6.33. The van der Waals surface area contributed by atoms with Crippen molar-refractivity contribution in [3.05, 3.63) is 52.5 Å². The highest BCUT2D eigenvalue weighted by Gasteiger charge is 2.15. The van der Waals surface area contributed by atoms with E-state index < -0.39 is 6.10 Å². The molecule has 0 fully saturated rings. The van der Waals surface area contributed by atoms with Crippen LogP contribution >= 0.6 is 23.2 Å². The fraction of sp³-hybridized carbons (Fsp3) is 0.133. The van der Waals surface area contributed by atoms with Gasteiger partial charge in [0.25, 0.3) is 5.91 Å².